The first kappa shape index (κ1) is 20.8. The van der Waals surface area contributed by atoms with Gasteiger partial charge in [0.05, 0.1) is 23.3 Å². The van der Waals surface area contributed by atoms with Gasteiger partial charge in [0, 0.05) is 17.4 Å². The Morgan fingerprint density at radius 3 is 2.77 bits per heavy atom. The Morgan fingerprint density at radius 2 is 2.03 bits per heavy atom. The smallest absolute Gasteiger partial charge is 0.227 e. The van der Waals surface area contributed by atoms with Crippen molar-refractivity contribution in [3.05, 3.63) is 76.3 Å². The number of anilines is 1. The first-order chi connectivity index (χ1) is 14.6. The highest BCUT2D eigenvalue weighted by Crippen LogP contribution is 2.33. The second-order valence-electron chi connectivity index (χ2n) is 7.76. The number of carbonyl (C=O) groups is 1. The summed E-state index contributed by atoms with van der Waals surface area (Å²) in [6.45, 7) is 2.86. The lowest BCUT2D eigenvalue weighted by atomic mass is 9.90. The van der Waals surface area contributed by atoms with Gasteiger partial charge in [-0.15, -0.1) is 0 Å². The third-order valence-corrected chi connectivity index (χ3v) is 6.18. The quantitative estimate of drug-likeness (QED) is 0.442. The molecule has 0 N–H and O–H groups in total. The SMILES string of the molecule is CCC[C@H](CC(=O)N1CCCc2c1cnn2-c1ccc(F)cc1)c1cccc(Br)c1. The number of rotatable bonds is 6. The third kappa shape index (κ3) is 4.33. The minimum absolute atomic E-state index is 0.132. The Bertz CT molecular complexity index is 1030. The van der Waals surface area contributed by atoms with Crippen LogP contribution in [0.25, 0.3) is 5.69 Å². The van der Waals surface area contributed by atoms with E-state index >= 15 is 0 Å². The lowest BCUT2D eigenvalue weighted by molar-refractivity contribution is -0.119. The van der Waals surface area contributed by atoms with Crippen LogP contribution < -0.4 is 4.90 Å². The maximum absolute atomic E-state index is 13.3. The van der Waals surface area contributed by atoms with Crippen molar-refractivity contribution in [1.82, 2.24) is 9.78 Å². The number of hydrogen-bond acceptors (Lipinski definition) is 2. The summed E-state index contributed by atoms with van der Waals surface area (Å²) in [6.07, 6.45) is 5.98. The summed E-state index contributed by atoms with van der Waals surface area (Å²) >= 11 is 3.55. The van der Waals surface area contributed by atoms with Crippen LogP contribution in [0.1, 0.15) is 49.8 Å². The molecule has 0 aliphatic carbocycles. The van der Waals surface area contributed by atoms with Gasteiger partial charge in [0.2, 0.25) is 5.91 Å². The van der Waals surface area contributed by atoms with Crippen LogP contribution >= 0.6 is 15.9 Å². The zero-order valence-electron chi connectivity index (χ0n) is 17.0. The van der Waals surface area contributed by atoms with Gasteiger partial charge in [0.1, 0.15) is 5.82 Å². The van der Waals surface area contributed by atoms with Crippen molar-refractivity contribution >= 4 is 27.5 Å². The fourth-order valence-corrected chi connectivity index (χ4v) is 4.65. The molecular formula is C24H25BrFN3O. The van der Waals surface area contributed by atoms with E-state index < -0.39 is 0 Å². The molecule has 156 valence electrons. The van der Waals surface area contributed by atoms with Gasteiger partial charge in [-0.1, -0.05) is 41.4 Å². The predicted molar refractivity (Wildman–Crippen MR) is 121 cm³/mol. The van der Waals surface area contributed by atoms with E-state index in [4.69, 9.17) is 0 Å². The standard InChI is InChI=1S/C24H25BrFN3O/c1-2-5-17(18-6-3-7-19(25)14-18)15-24(30)28-13-4-8-22-23(28)16-27-29(22)21-11-9-20(26)10-12-21/h3,6-7,9-12,14,16-17H,2,4-5,8,13,15H2,1H3/t17-/m1/s1. The molecule has 0 bridgehead atoms. The summed E-state index contributed by atoms with van der Waals surface area (Å²) in [5.74, 6) is 0.0524. The predicted octanol–water partition coefficient (Wildman–Crippen LogP) is 6.03. The number of aromatic nitrogens is 2. The molecule has 30 heavy (non-hydrogen) atoms. The first-order valence-electron chi connectivity index (χ1n) is 10.5. The summed E-state index contributed by atoms with van der Waals surface area (Å²) in [4.78, 5) is 15.2. The van der Waals surface area contributed by atoms with E-state index in [0.29, 0.717) is 13.0 Å². The fourth-order valence-electron chi connectivity index (χ4n) is 4.23. The summed E-state index contributed by atoms with van der Waals surface area (Å²) < 4.78 is 16.2. The van der Waals surface area contributed by atoms with E-state index in [1.54, 1.807) is 18.3 Å². The van der Waals surface area contributed by atoms with Gasteiger partial charge in [-0.25, -0.2) is 9.07 Å². The molecule has 0 fully saturated rings. The van der Waals surface area contributed by atoms with Gasteiger partial charge >= 0.3 is 0 Å². The Labute approximate surface area is 184 Å². The van der Waals surface area contributed by atoms with Gasteiger partial charge in [-0.05, 0) is 67.1 Å². The van der Waals surface area contributed by atoms with Gasteiger partial charge in [-0.2, -0.15) is 5.10 Å². The van der Waals surface area contributed by atoms with Crippen LogP contribution in [0.4, 0.5) is 10.1 Å². The van der Waals surface area contributed by atoms with E-state index in [-0.39, 0.29) is 17.6 Å². The topological polar surface area (TPSA) is 38.1 Å². The maximum Gasteiger partial charge on any atom is 0.227 e. The van der Waals surface area contributed by atoms with E-state index in [1.165, 1.54) is 17.7 Å². The average molecular weight is 470 g/mol. The normalized spacial score (nSPS) is 14.4. The molecule has 0 saturated heterocycles. The number of hydrogen-bond donors (Lipinski definition) is 0. The van der Waals surface area contributed by atoms with Crippen LogP contribution in [0.2, 0.25) is 0 Å². The van der Waals surface area contributed by atoms with Crippen LogP contribution in [0, 0.1) is 5.82 Å². The van der Waals surface area contributed by atoms with Gasteiger partial charge in [0.15, 0.2) is 0 Å². The van der Waals surface area contributed by atoms with Crippen molar-refractivity contribution in [3.63, 3.8) is 0 Å². The number of fused-ring (bicyclic) bond motifs is 1. The van der Waals surface area contributed by atoms with Gasteiger partial charge in [0.25, 0.3) is 0 Å². The van der Waals surface area contributed by atoms with E-state index in [1.807, 2.05) is 21.7 Å². The van der Waals surface area contributed by atoms with Crippen molar-refractivity contribution in [2.45, 2.75) is 44.9 Å². The molecule has 1 atom stereocenters. The van der Waals surface area contributed by atoms with Crippen LogP contribution in [0.5, 0.6) is 0 Å². The van der Waals surface area contributed by atoms with Crippen molar-refractivity contribution in [1.29, 1.82) is 0 Å². The molecule has 3 aromatic rings. The Balaban J connectivity index is 1.58. The Morgan fingerprint density at radius 1 is 1.23 bits per heavy atom. The molecular weight excluding hydrogens is 445 g/mol. The summed E-state index contributed by atoms with van der Waals surface area (Å²) in [5.41, 5.74) is 3.89. The molecule has 6 heteroatoms. The van der Waals surface area contributed by atoms with Crippen molar-refractivity contribution in [2.75, 3.05) is 11.4 Å². The molecule has 0 unspecified atom stereocenters. The maximum atomic E-state index is 13.3. The highest BCUT2D eigenvalue weighted by molar-refractivity contribution is 9.10. The van der Waals surface area contributed by atoms with Gasteiger partial charge < -0.3 is 4.90 Å². The average Bonchev–Trinajstić information content (AvgIpc) is 3.18. The van der Waals surface area contributed by atoms with Crippen molar-refractivity contribution in [3.8, 4) is 5.69 Å². The lowest BCUT2D eigenvalue weighted by Gasteiger charge is -2.29. The van der Waals surface area contributed by atoms with Crippen molar-refractivity contribution in [2.24, 2.45) is 0 Å². The molecule has 1 aliphatic rings. The summed E-state index contributed by atoms with van der Waals surface area (Å²) in [6, 6.07) is 14.6. The van der Waals surface area contributed by atoms with E-state index in [0.717, 1.165) is 47.2 Å². The first-order valence-corrected chi connectivity index (χ1v) is 11.2. The number of carbonyl (C=O) groups excluding carboxylic acids is 1. The monoisotopic (exact) mass is 469 g/mol. The number of nitrogens with zero attached hydrogens (tertiary/aromatic N) is 3. The molecule has 0 saturated carbocycles. The molecule has 4 nitrogen and oxygen atoms in total. The number of amides is 1. The minimum atomic E-state index is -0.272. The van der Waals surface area contributed by atoms with Gasteiger partial charge in [-0.3, -0.25) is 4.79 Å². The van der Waals surface area contributed by atoms with E-state index in [2.05, 4.69) is 40.1 Å². The zero-order valence-corrected chi connectivity index (χ0v) is 18.6. The fraction of sp³-hybridized carbons (Fsp3) is 0.333. The van der Waals surface area contributed by atoms with E-state index in [9.17, 15) is 9.18 Å². The third-order valence-electron chi connectivity index (χ3n) is 5.68. The summed E-state index contributed by atoms with van der Waals surface area (Å²) in [5, 5.41) is 4.51. The number of halogens is 2. The molecule has 1 aliphatic heterocycles. The largest absolute Gasteiger partial charge is 0.309 e. The molecule has 0 radical (unpaired) electrons. The molecule has 4 rings (SSSR count). The highest BCUT2D eigenvalue weighted by Gasteiger charge is 2.28. The minimum Gasteiger partial charge on any atom is -0.309 e. The van der Waals surface area contributed by atoms with Crippen LogP contribution in [0.3, 0.4) is 0 Å². The molecule has 1 aromatic heterocycles. The van der Waals surface area contributed by atoms with Crippen LogP contribution in [0.15, 0.2) is 59.2 Å². The molecule has 1 amide bonds. The van der Waals surface area contributed by atoms with Crippen molar-refractivity contribution < 1.29 is 9.18 Å². The lowest BCUT2D eigenvalue weighted by Crippen LogP contribution is -2.36. The summed E-state index contributed by atoms with van der Waals surface area (Å²) in [7, 11) is 0. The Hall–Kier alpha value is -2.47. The zero-order chi connectivity index (χ0) is 21.1. The second kappa shape index (κ2) is 9.13. The van der Waals surface area contributed by atoms with Crippen LogP contribution in [-0.2, 0) is 11.2 Å². The molecule has 0 spiro atoms. The second-order valence-corrected chi connectivity index (χ2v) is 8.67. The number of benzene rings is 2. The molecule has 2 heterocycles. The molecule has 2 aromatic carbocycles. The Kier molecular flexibility index (Phi) is 6.32. The highest BCUT2D eigenvalue weighted by atomic mass is 79.9. The van der Waals surface area contributed by atoms with Crippen LogP contribution in [-0.4, -0.2) is 22.2 Å².